The highest BCUT2D eigenvalue weighted by atomic mass is 32.2. The summed E-state index contributed by atoms with van der Waals surface area (Å²) in [6.07, 6.45) is 1.12. The summed E-state index contributed by atoms with van der Waals surface area (Å²) in [4.78, 5) is 14.7. The maximum atomic E-state index is 13.0. The van der Waals surface area contributed by atoms with Gasteiger partial charge in [0.1, 0.15) is 0 Å². The highest BCUT2D eigenvalue weighted by molar-refractivity contribution is 7.91. The molecule has 0 unspecified atom stereocenters. The average Bonchev–Trinajstić information content (AvgIpc) is 2.99. The fraction of sp³-hybridized carbons (Fsp3) is 0.611. The topological polar surface area (TPSA) is 91.8 Å². The van der Waals surface area contributed by atoms with Gasteiger partial charge in [0.15, 0.2) is 9.84 Å². The fourth-order valence-electron chi connectivity index (χ4n) is 3.38. The summed E-state index contributed by atoms with van der Waals surface area (Å²) in [6.45, 7) is 6.58. The minimum Gasteiger partial charge on any atom is -0.335 e. The van der Waals surface area contributed by atoms with Gasteiger partial charge in [-0.15, -0.1) is 0 Å². The van der Waals surface area contributed by atoms with Crippen LogP contribution >= 0.6 is 0 Å². The lowest BCUT2D eigenvalue weighted by molar-refractivity contribution is 0.0697. The molecular formula is C18H28N2O5S2. The van der Waals surface area contributed by atoms with E-state index in [1.165, 1.54) is 16.4 Å². The first-order valence-corrected chi connectivity index (χ1v) is 12.5. The molecule has 2 rings (SSSR count). The second-order valence-electron chi connectivity index (χ2n) is 6.67. The van der Waals surface area contributed by atoms with Crippen molar-refractivity contribution >= 4 is 25.8 Å². The molecule has 0 N–H and O–H groups in total. The summed E-state index contributed by atoms with van der Waals surface area (Å²) < 4.78 is 50.4. The minimum atomic E-state index is -3.67. The lowest BCUT2D eigenvalue weighted by Gasteiger charge is -2.28. The zero-order chi connectivity index (χ0) is 20.2. The van der Waals surface area contributed by atoms with Crippen molar-refractivity contribution in [3.05, 3.63) is 29.8 Å². The van der Waals surface area contributed by atoms with Crippen LogP contribution in [0.1, 0.15) is 44.0 Å². The third-order valence-electron chi connectivity index (χ3n) is 4.80. The molecule has 152 valence electrons. The number of rotatable bonds is 8. The Bertz CT molecular complexity index is 877. The van der Waals surface area contributed by atoms with Crippen LogP contribution in [0.4, 0.5) is 0 Å². The van der Waals surface area contributed by atoms with Gasteiger partial charge in [-0.2, -0.15) is 4.31 Å². The van der Waals surface area contributed by atoms with Gasteiger partial charge in [0.25, 0.3) is 5.91 Å². The van der Waals surface area contributed by atoms with E-state index in [1.807, 2.05) is 6.92 Å². The standard InChI is InChI=1S/C18H28N2O5S2/c1-4-11-20(16-10-12-26(22,23)14-16)18(21)15-8-7-9-17(13-15)27(24,25)19(5-2)6-3/h7-9,13,16H,4-6,10-12,14H2,1-3H3/t16-/m0/s1. The predicted molar refractivity (Wildman–Crippen MR) is 105 cm³/mol. The van der Waals surface area contributed by atoms with Crippen molar-refractivity contribution in [3.8, 4) is 0 Å². The Labute approximate surface area is 162 Å². The first-order valence-electron chi connectivity index (χ1n) is 9.27. The summed E-state index contributed by atoms with van der Waals surface area (Å²) in [5.74, 6) is -0.270. The van der Waals surface area contributed by atoms with Gasteiger partial charge in [-0.25, -0.2) is 16.8 Å². The van der Waals surface area contributed by atoms with E-state index in [4.69, 9.17) is 0 Å². The fourth-order valence-corrected chi connectivity index (χ4v) is 6.62. The van der Waals surface area contributed by atoms with Gasteiger partial charge < -0.3 is 4.90 Å². The Morgan fingerprint density at radius 1 is 1.19 bits per heavy atom. The van der Waals surface area contributed by atoms with Crippen molar-refractivity contribution in [2.24, 2.45) is 0 Å². The van der Waals surface area contributed by atoms with Gasteiger partial charge in [0.2, 0.25) is 10.0 Å². The third kappa shape index (κ3) is 4.89. The van der Waals surface area contributed by atoms with E-state index >= 15 is 0 Å². The van der Waals surface area contributed by atoms with Crippen molar-refractivity contribution in [2.45, 2.75) is 44.6 Å². The second-order valence-corrected chi connectivity index (χ2v) is 10.8. The first-order chi connectivity index (χ1) is 12.7. The van der Waals surface area contributed by atoms with E-state index in [1.54, 1.807) is 30.9 Å². The molecular weight excluding hydrogens is 388 g/mol. The molecule has 1 amide bonds. The third-order valence-corrected chi connectivity index (χ3v) is 8.59. The molecule has 1 saturated heterocycles. The zero-order valence-electron chi connectivity index (χ0n) is 16.1. The molecule has 1 atom stereocenters. The summed E-state index contributed by atoms with van der Waals surface area (Å²) in [5, 5.41) is 0. The maximum Gasteiger partial charge on any atom is 0.254 e. The van der Waals surface area contributed by atoms with Crippen molar-refractivity contribution in [1.82, 2.24) is 9.21 Å². The average molecular weight is 417 g/mol. The van der Waals surface area contributed by atoms with E-state index < -0.39 is 19.9 Å². The number of hydrogen-bond acceptors (Lipinski definition) is 5. The number of carbonyl (C=O) groups is 1. The number of amides is 1. The zero-order valence-corrected chi connectivity index (χ0v) is 17.7. The number of nitrogens with zero attached hydrogens (tertiary/aromatic N) is 2. The molecule has 1 heterocycles. The molecule has 27 heavy (non-hydrogen) atoms. The lowest BCUT2D eigenvalue weighted by Crippen LogP contribution is -2.41. The molecule has 1 aromatic rings. The molecule has 1 fully saturated rings. The summed E-state index contributed by atoms with van der Waals surface area (Å²) in [7, 11) is -6.79. The Hall–Kier alpha value is -1.45. The molecule has 0 radical (unpaired) electrons. The van der Waals surface area contributed by atoms with Gasteiger partial charge in [-0.05, 0) is 31.0 Å². The van der Waals surface area contributed by atoms with Crippen molar-refractivity contribution in [3.63, 3.8) is 0 Å². The Morgan fingerprint density at radius 3 is 2.37 bits per heavy atom. The molecule has 1 aromatic carbocycles. The predicted octanol–water partition coefficient (Wildman–Crippen LogP) is 1.76. The molecule has 0 bridgehead atoms. The maximum absolute atomic E-state index is 13.0. The van der Waals surface area contributed by atoms with Gasteiger partial charge in [0.05, 0.1) is 16.4 Å². The molecule has 0 saturated carbocycles. The number of benzene rings is 1. The van der Waals surface area contributed by atoms with Crippen LogP contribution in [0.2, 0.25) is 0 Å². The van der Waals surface area contributed by atoms with Gasteiger partial charge >= 0.3 is 0 Å². The normalized spacial score (nSPS) is 19.3. The van der Waals surface area contributed by atoms with Gasteiger partial charge in [-0.1, -0.05) is 26.8 Å². The quantitative estimate of drug-likeness (QED) is 0.644. The number of hydrogen-bond donors (Lipinski definition) is 0. The monoisotopic (exact) mass is 416 g/mol. The van der Waals surface area contributed by atoms with Crippen LogP contribution in [0.25, 0.3) is 0 Å². The van der Waals surface area contributed by atoms with Crippen LogP contribution in [0, 0.1) is 0 Å². The highest BCUT2D eigenvalue weighted by Gasteiger charge is 2.35. The number of sulfonamides is 1. The highest BCUT2D eigenvalue weighted by Crippen LogP contribution is 2.22. The summed E-state index contributed by atoms with van der Waals surface area (Å²) >= 11 is 0. The largest absolute Gasteiger partial charge is 0.335 e. The lowest BCUT2D eigenvalue weighted by atomic mass is 10.1. The molecule has 0 aromatic heterocycles. The van der Waals surface area contributed by atoms with Crippen LogP contribution in [-0.2, 0) is 19.9 Å². The van der Waals surface area contributed by atoms with Crippen molar-refractivity contribution < 1.29 is 21.6 Å². The molecule has 9 heteroatoms. The molecule has 1 aliphatic heterocycles. The van der Waals surface area contributed by atoms with E-state index in [9.17, 15) is 21.6 Å². The van der Waals surface area contributed by atoms with Crippen LogP contribution in [0.5, 0.6) is 0 Å². The molecule has 7 nitrogen and oxygen atoms in total. The molecule has 0 aliphatic carbocycles. The van der Waals surface area contributed by atoms with Crippen molar-refractivity contribution in [2.75, 3.05) is 31.1 Å². The van der Waals surface area contributed by atoms with Crippen LogP contribution < -0.4 is 0 Å². The van der Waals surface area contributed by atoms with E-state index in [0.717, 1.165) is 0 Å². The second kappa shape index (κ2) is 8.70. The minimum absolute atomic E-state index is 0.0316. The Morgan fingerprint density at radius 2 is 1.85 bits per heavy atom. The number of carbonyl (C=O) groups excluding carboxylic acids is 1. The van der Waals surface area contributed by atoms with Gasteiger partial charge in [0, 0.05) is 31.2 Å². The van der Waals surface area contributed by atoms with E-state index in [-0.39, 0.29) is 33.9 Å². The van der Waals surface area contributed by atoms with E-state index in [0.29, 0.717) is 32.5 Å². The Kier molecular flexibility index (Phi) is 7.04. The van der Waals surface area contributed by atoms with Crippen LogP contribution in [0.15, 0.2) is 29.2 Å². The smallest absolute Gasteiger partial charge is 0.254 e. The Balaban J connectivity index is 2.35. The van der Waals surface area contributed by atoms with Crippen molar-refractivity contribution in [1.29, 1.82) is 0 Å². The molecule has 1 aliphatic rings. The SMILES string of the molecule is CCCN(C(=O)c1cccc(S(=O)(=O)N(CC)CC)c1)[C@H]1CCS(=O)(=O)C1. The summed E-state index contributed by atoms with van der Waals surface area (Å²) in [6, 6.07) is 5.65. The van der Waals surface area contributed by atoms with Crippen LogP contribution in [-0.4, -0.2) is 69.1 Å². The van der Waals surface area contributed by atoms with E-state index in [2.05, 4.69) is 0 Å². The van der Waals surface area contributed by atoms with Crippen LogP contribution in [0.3, 0.4) is 0 Å². The van der Waals surface area contributed by atoms with Gasteiger partial charge in [-0.3, -0.25) is 4.79 Å². The number of sulfone groups is 1. The summed E-state index contributed by atoms with van der Waals surface area (Å²) in [5.41, 5.74) is 0.265. The molecule has 0 spiro atoms. The first kappa shape index (κ1) is 21.8.